The highest BCUT2D eigenvalue weighted by molar-refractivity contribution is 7.91. The highest BCUT2D eigenvalue weighted by atomic mass is 32.2. The highest BCUT2D eigenvalue weighted by Gasteiger charge is 2.37. The van der Waals surface area contributed by atoms with Gasteiger partial charge in [0.2, 0.25) is 0 Å². The summed E-state index contributed by atoms with van der Waals surface area (Å²) in [4.78, 5) is 0. The fourth-order valence-corrected chi connectivity index (χ4v) is 4.08. The fourth-order valence-electron chi connectivity index (χ4n) is 1.96. The SMILES string of the molecule is CC(CCN)CNC1(C)CCS(=O)(=O)C1. The molecule has 0 spiro atoms. The molecule has 1 rings (SSSR count). The van der Waals surface area contributed by atoms with Crippen LogP contribution in [0.15, 0.2) is 0 Å². The lowest BCUT2D eigenvalue weighted by atomic mass is 10.00. The van der Waals surface area contributed by atoms with Gasteiger partial charge in [0.25, 0.3) is 0 Å². The summed E-state index contributed by atoms with van der Waals surface area (Å²) in [6.07, 6.45) is 1.71. The normalized spacial score (nSPS) is 31.7. The molecule has 1 aliphatic rings. The molecule has 0 radical (unpaired) electrons. The molecular formula is C10H22N2O2S. The second-order valence-electron chi connectivity index (χ2n) is 4.97. The van der Waals surface area contributed by atoms with E-state index in [1.165, 1.54) is 0 Å². The van der Waals surface area contributed by atoms with E-state index in [1.54, 1.807) is 0 Å². The van der Waals surface area contributed by atoms with Crippen LogP contribution in [-0.2, 0) is 9.84 Å². The van der Waals surface area contributed by atoms with Crippen molar-refractivity contribution in [1.29, 1.82) is 0 Å². The van der Waals surface area contributed by atoms with Crippen LogP contribution in [0, 0.1) is 5.92 Å². The van der Waals surface area contributed by atoms with Crippen LogP contribution >= 0.6 is 0 Å². The van der Waals surface area contributed by atoms with E-state index >= 15 is 0 Å². The Morgan fingerprint density at radius 1 is 1.53 bits per heavy atom. The molecule has 1 saturated heterocycles. The molecule has 3 N–H and O–H groups in total. The Hall–Kier alpha value is -0.130. The summed E-state index contributed by atoms with van der Waals surface area (Å²) >= 11 is 0. The largest absolute Gasteiger partial charge is 0.330 e. The maximum atomic E-state index is 11.4. The van der Waals surface area contributed by atoms with Gasteiger partial charge in [-0.3, -0.25) is 0 Å². The van der Waals surface area contributed by atoms with Crippen molar-refractivity contribution in [2.45, 2.75) is 32.2 Å². The second-order valence-corrected chi connectivity index (χ2v) is 7.15. The summed E-state index contributed by atoms with van der Waals surface area (Å²) in [5, 5.41) is 3.36. The monoisotopic (exact) mass is 234 g/mol. The first kappa shape index (κ1) is 12.9. The number of rotatable bonds is 5. The Labute approximate surface area is 92.5 Å². The quantitative estimate of drug-likeness (QED) is 0.709. The number of sulfone groups is 1. The molecule has 0 saturated carbocycles. The molecule has 0 aromatic heterocycles. The van der Waals surface area contributed by atoms with E-state index in [4.69, 9.17) is 5.73 Å². The lowest BCUT2D eigenvalue weighted by molar-refractivity contribution is 0.356. The van der Waals surface area contributed by atoms with Gasteiger partial charge in [-0.2, -0.15) is 0 Å². The molecule has 2 unspecified atom stereocenters. The van der Waals surface area contributed by atoms with E-state index in [-0.39, 0.29) is 11.3 Å². The molecular weight excluding hydrogens is 212 g/mol. The molecule has 0 aromatic carbocycles. The predicted octanol–water partition coefficient (Wildman–Crippen LogP) is 0.138. The lowest BCUT2D eigenvalue weighted by Crippen LogP contribution is -2.45. The second kappa shape index (κ2) is 4.80. The summed E-state index contributed by atoms with van der Waals surface area (Å²) in [6, 6.07) is 0. The van der Waals surface area contributed by atoms with E-state index in [9.17, 15) is 8.42 Å². The molecule has 15 heavy (non-hydrogen) atoms. The van der Waals surface area contributed by atoms with E-state index < -0.39 is 9.84 Å². The maximum Gasteiger partial charge on any atom is 0.152 e. The Morgan fingerprint density at radius 2 is 2.20 bits per heavy atom. The van der Waals surface area contributed by atoms with Crippen LogP contribution in [0.3, 0.4) is 0 Å². The first-order valence-corrected chi connectivity index (χ1v) is 7.34. The zero-order valence-electron chi connectivity index (χ0n) is 9.62. The Morgan fingerprint density at radius 3 is 2.67 bits per heavy atom. The van der Waals surface area contributed by atoms with Gasteiger partial charge < -0.3 is 11.1 Å². The summed E-state index contributed by atoms with van der Waals surface area (Å²) in [7, 11) is -2.80. The van der Waals surface area contributed by atoms with E-state index in [0.29, 0.717) is 18.2 Å². The summed E-state index contributed by atoms with van der Waals surface area (Å²) < 4.78 is 22.7. The molecule has 4 nitrogen and oxygen atoms in total. The fraction of sp³-hybridized carbons (Fsp3) is 1.00. The molecule has 1 fully saturated rings. The molecule has 0 bridgehead atoms. The Balaban J connectivity index is 2.39. The lowest BCUT2D eigenvalue weighted by Gasteiger charge is -2.26. The molecule has 5 heteroatoms. The Kier molecular flexibility index (Phi) is 4.14. The van der Waals surface area contributed by atoms with Crippen LogP contribution in [0.2, 0.25) is 0 Å². The average Bonchev–Trinajstić information content (AvgIpc) is 2.39. The van der Waals surface area contributed by atoms with Crippen molar-refractivity contribution in [3.63, 3.8) is 0 Å². The average molecular weight is 234 g/mol. The third-order valence-electron chi connectivity index (χ3n) is 3.04. The maximum absolute atomic E-state index is 11.4. The van der Waals surface area contributed by atoms with Gasteiger partial charge in [-0.15, -0.1) is 0 Å². The van der Waals surface area contributed by atoms with Gasteiger partial charge in [-0.1, -0.05) is 6.92 Å². The summed E-state index contributed by atoms with van der Waals surface area (Å²) in [6.45, 7) is 5.67. The molecule has 0 aromatic rings. The van der Waals surface area contributed by atoms with Crippen molar-refractivity contribution < 1.29 is 8.42 Å². The number of nitrogens with two attached hydrogens (primary N) is 1. The standard InChI is InChI=1S/C10H22N2O2S/c1-9(3-5-11)7-12-10(2)4-6-15(13,14)8-10/h9,12H,3-8,11H2,1-2H3. The minimum atomic E-state index is -2.80. The molecule has 1 aliphatic heterocycles. The molecule has 90 valence electrons. The first-order chi connectivity index (χ1) is 6.87. The zero-order valence-corrected chi connectivity index (χ0v) is 10.4. The number of hydrogen-bond acceptors (Lipinski definition) is 4. The summed E-state index contributed by atoms with van der Waals surface area (Å²) in [5.74, 6) is 1.10. The zero-order chi connectivity index (χ0) is 11.5. The molecule has 1 heterocycles. The van der Waals surface area contributed by atoms with Crippen molar-refractivity contribution >= 4 is 9.84 Å². The van der Waals surface area contributed by atoms with Gasteiger partial charge in [-0.05, 0) is 38.8 Å². The van der Waals surface area contributed by atoms with Gasteiger partial charge in [0.05, 0.1) is 11.5 Å². The minimum Gasteiger partial charge on any atom is -0.330 e. The van der Waals surface area contributed by atoms with Crippen LogP contribution in [0.1, 0.15) is 26.7 Å². The molecule has 2 atom stereocenters. The van der Waals surface area contributed by atoms with Gasteiger partial charge in [0, 0.05) is 5.54 Å². The van der Waals surface area contributed by atoms with Crippen molar-refractivity contribution in [3.8, 4) is 0 Å². The number of hydrogen-bond donors (Lipinski definition) is 2. The highest BCUT2D eigenvalue weighted by Crippen LogP contribution is 2.22. The van der Waals surface area contributed by atoms with Crippen LogP contribution in [0.25, 0.3) is 0 Å². The van der Waals surface area contributed by atoms with Gasteiger partial charge in [-0.25, -0.2) is 8.42 Å². The van der Waals surface area contributed by atoms with Crippen molar-refractivity contribution in [2.24, 2.45) is 11.7 Å². The topological polar surface area (TPSA) is 72.2 Å². The third-order valence-corrected chi connectivity index (χ3v) is 4.94. The van der Waals surface area contributed by atoms with Gasteiger partial charge >= 0.3 is 0 Å². The predicted molar refractivity (Wildman–Crippen MR) is 62.5 cm³/mol. The first-order valence-electron chi connectivity index (χ1n) is 5.52. The van der Waals surface area contributed by atoms with Crippen molar-refractivity contribution in [1.82, 2.24) is 5.32 Å². The Bertz CT molecular complexity index is 303. The van der Waals surface area contributed by atoms with Crippen LogP contribution < -0.4 is 11.1 Å². The summed E-state index contributed by atoms with van der Waals surface area (Å²) in [5.41, 5.74) is 5.24. The van der Waals surface area contributed by atoms with E-state index in [0.717, 1.165) is 19.4 Å². The minimum absolute atomic E-state index is 0.221. The third kappa shape index (κ3) is 4.09. The smallest absolute Gasteiger partial charge is 0.152 e. The van der Waals surface area contributed by atoms with Crippen molar-refractivity contribution in [2.75, 3.05) is 24.6 Å². The number of nitrogens with one attached hydrogen (secondary N) is 1. The molecule has 0 aliphatic carbocycles. The van der Waals surface area contributed by atoms with Crippen LogP contribution in [0.5, 0.6) is 0 Å². The van der Waals surface area contributed by atoms with E-state index in [1.807, 2.05) is 6.92 Å². The van der Waals surface area contributed by atoms with Crippen molar-refractivity contribution in [3.05, 3.63) is 0 Å². The van der Waals surface area contributed by atoms with Crippen LogP contribution in [0.4, 0.5) is 0 Å². The van der Waals surface area contributed by atoms with Crippen LogP contribution in [-0.4, -0.2) is 38.6 Å². The van der Waals surface area contributed by atoms with Gasteiger partial charge in [0.15, 0.2) is 9.84 Å². The molecule has 0 amide bonds. The van der Waals surface area contributed by atoms with Gasteiger partial charge in [0.1, 0.15) is 0 Å². The van der Waals surface area contributed by atoms with E-state index in [2.05, 4.69) is 12.2 Å².